The molecule has 0 spiro atoms. The summed E-state index contributed by atoms with van der Waals surface area (Å²) in [5.41, 5.74) is 4.23. The van der Waals surface area contributed by atoms with Gasteiger partial charge in [-0.05, 0) is 26.8 Å². The Balaban J connectivity index is 2.08. The smallest absolute Gasteiger partial charge is 0.182 e. The number of hydrogen-bond acceptors (Lipinski definition) is 3. The number of rotatable bonds is 3. The first-order valence-corrected chi connectivity index (χ1v) is 5.84. The molecule has 2 rings (SSSR count). The molecule has 0 fully saturated rings. The van der Waals surface area contributed by atoms with Crippen molar-refractivity contribution in [2.45, 2.75) is 20.8 Å². The highest BCUT2D eigenvalue weighted by Crippen LogP contribution is 2.14. The highest BCUT2D eigenvalue weighted by atomic mass is 16.1. The van der Waals surface area contributed by atoms with Crippen LogP contribution in [-0.4, -0.2) is 23.9 Å². The fourth-order valence-corrected chi connectivity index (χ4v) is 1.96. The zero-order chi connectivity index (χ0) is 12.4. The Morgan fingerprint density at radius 2 is 2.12 bits per heavy atom. The molecule has 3 nitrogen and oxygen atoms in total. The fourth-order valence-electron chi connectivity index (χ4n) is 1.96. The molecular weight excluding hydrogens is 212 g/mol. The monoisotopic (exact) mass is 230 g/mol. The lowest BCUT2D eigenvalue weighted by Gasteiger charge is -2.17. The predicted molar refractivity (Wildman–Crippen MR) is 68.6 cm³/mol. The molecule has 0 saturated carbocycles. The van der Waals surface area contributed by atoms with Crippen LogP contribution in [0.4, 0.5) is 0 Å². The van der Waals surface area contributed by atoms with Crippen molar-refractivity contribution in [3.8, 4) is 0 Å². The topological polar surface area (TPSA) is 32.3 Å². The van der Waals surface area contributed by atoms with E-state index in [-0.39, 0.29) is 5.78 Å². The summed E-state index contributed by atoms with van der Waals surface area (Å²) in [6.45, 7) is 7.25. The molecule has 90 valence electrons. The van der Waals surface area contributed by atoms with Gasteiger partial charge in [0.25, 0.3) is 0 Å². The van der Waals surface area contributed by atoms with Crippen molar-refractivity contribution in [2.75, 3.05) is 13.2 Å². The molecule has 1 heterocycles. The van der Waals surface area contributed by atoms with Gasteiger partial charge in [0.15, 0.2) is 5.78 Å². The quantitative estimate of drug-likeness (QED) is 0.809. The predicted octanol–water partition coefficient (Wildman–Crippen LogP) is 2.29. The van der Waals surface area contributed by atoms with E-state index in [0.717, 1.165) is 29.2 Å². The lowest BCUT2D eigenvalue weighted by Crippen LogP contribution is -2.29. The minimum atomic E-state index is 0.171. The van der Waals surface area contributed by atoms with Gasteiger partial charge in [0.05, 0.1) is 13.2 Å². The number of aryl methyl sites for hydroxylation is 1. The highest BCUT2D eigenvalue weighted by Gasteiger charge is 2.18. The number of hydrogen-bond donors (Lipinski definition) is 1. The fraction of sp³-hybridized carbons (Fsp3) is 0.357. The molecule has 0 atom stereocenters. The van der Waals surface area contributed by atoms with Gasteiger partial charge in [0, 0.05) is 17.0 Å². The van der Waals surface area contributed by atoms with Crippen molar-refractivity contribution < 1.29 is 4.79 Å². The minimum Gasteiger partial charge on any atom is -0.370 e. The van der Waals surface area contributed by atoms with E-state index in [1.54, 1.807) is 0 Å². The molecule has 0 bridgehead atoms. The van der Waals surface area contributed by atoms with Crippen molar-refractivity contribution in [1.82, 2.24) is 10.2 Å². The third-order valence-corrected chi connectivity index (χ3v) is 3.23. The van der Waals surface area contributed by atoms with E-state index in [1.807, 2.05) is 45.0 Å². The summed E-state index contributed by atoms with van der Waals surface area (Å²) in [6.07, 6.45) is 0. The molecule has 1 aliphatic rings. The van der Waals surface area contributed by atoms with Crippen LogP contribution in [0.3, 0.4) is 0 Å². The Morgan fingerprint density at radius 1 is 1.35 bits per heavy atom. The van der Waals surface area contributed by atoms with Crippen molar-refractivity contribution in [3.63, 3.8) is 0 Å². The van der Waals surface area contributed by atoms with Gasteiger partial charge >= 0.3 is 0 Å². The lowest BCUT2D eigenvalue weighted by atomic mass is 10.1. The Labute approximate surface area is 102 Å². The normalized spacial score (nSPS) is 15.1. The molecule has 0 aromatic heterocycles. The van der Waals surface area contributed by atoms with Crippen LogP contribution in [0.2, 0.25) is 0 Å². The molecule has 3 heteroatoms. The van der Waals surface area contributed by atoms with Crippen molar-refractivity contribution in [3.05, 3.63) is 46.8 Å². The van der Waals surface area contributed by atoms with E-state index in [9.17, 15) is 4.79 Å². The van der Waals surface area contributed by atoms with Crippen LogP contribution < -0.4 is 5.32 Å². The summed E-state index contributed by atoms with van der Waals surface area (Å²) in [4.78, 5) is 14.2. The first-order chi connectivity index (χ1) is 8.08. The molecule has 1 N–H and O–H groups in total. The molecule has 1 aliphatic heterocycles. The molecule has 0 radical (unpaired) electrons. The van der Waals surface area contributed by atoms with E-state index in [2.05, 4.69) is 10.2 Å². The number of carbonyl (C=O) groups is 1. The van der Waals surface area contributed by atoms with Crippen LogP contribution in [0.15, 0.2) is 35.7 Å². The van der Waals surface area contributed by atoms with Gasteiger partial charge in [-0.15, -0.1) is 0 Å². The number of carbonyl (C=O) groups excluding carboxylic acids is 1. The van der Waals surface area contributed by atoms with E-state index < -0.39 is 0 Å². The Hall–Kier alpha value is -1.77. The minimum absolute atomic E-state index is 0.171. The lowest BCUT2D eigenvalue weighted by molar-refractivity contribution is 0.0952. The average Bonchev–Trinajstić information content (AvgIpc) is 2.61. The Morgan fingerprint density at radius 3 is 2.71 bits per heavy atom. The summed E-state index contributed by atoms with van der Waals surface area (Å²) >= 11 is 0. The second kappa shape index (κ2) is 4.62. The maximum atomic E-state index is 12.1. The van der Waals surface area contributed by atoms with E-state index in [0.29, 0.717) is 6.54 Å². The second-order valence-corrected chi connectivity index (χ2v) is 4.54. The molecule has 0 aliphatic carbocycles. The van der Waals surface area contributed by atoms with Crippen LogP contribution in [-0.2, 0) is 0 Å². The van der Waals surface area contributed by atoms with Crippen LogP contribution in [0, 0.1) is 6.92 Å². The van der Waals surface area contributed by atoms with Crippen molar-refractivity contribution >= 4 is 5.78 Å². The second-order valence-electron chi connectivity index (χ2n) is 4.54. The molecule has 1 aromatic carbocycles. The number of ketones is 1. The summed E-state index contributed by atoms with van der Waals surface area (Å²) < 4.78 is 0. The number of Topliss-reactive ketones (excluding diaryl/α,β-unsaturated/α-hetero) is 1. The summed E-state index contributed by atoms with van der Waals surface area (Å²) in [6, 6.07) is 7.75. The van der Waals surface area contributed by atoms with E-state index >= 15 is 0 Å². The first kappa shape index (κ1) is 11.7. The largest absolute Gasteiger partial charge is 0.370 e. The Bertz CT molecular complexity index is 477. The molecule has 17 heavy (non-hydrogen) atoms. The summed E-state index contributed by atoms with van der Waals surface area (Å²) in [5, 5.41) is 3.24. The van der Waals surface area contributed by atoms with Gasteiger partial charge < -0.3 is 10.2 Å². The zero-order valence-corrected chi connectivity index (χ0v) is 10.6. The van der Waals surface area contributed by atoms with Crippen molar-refractivity contribution in [1.29, 1.82) is 0 Å². The SMILES string of the molecule is CC1=C(C)N(CC(=O)c2cccc(C)c2)CN1. The van der Waals surface area contributed by atoms with Gasteiger partial charge in [-0.25, -0.2) is 0 Å². The molecule has 0 saturated heterocycles. The third-order valence-electron chi connectivity index (χ3n) is 3.23. The van der Waals surface area contributed by atoms with Gasteiger partial charge in [-0.2, -0.15) is 0 Å². The van der Waals surface area contributed by atoms with Crippen LogP contribution in [0.1, 0.15) is 29.8 Å². The number of benzene rings is 1. The van der Waals surface area contributed by atoms with E-state index in [4.69, 9.17) is 0 Å². The molecular formula is C14H18N2O. The molecule has 0 unspecified atom stereocenters. The number of allylic oxidation sites excluding steroid dienone is 2. The van der Waals surface area contributed by atoms with Crippen LogP contribution in [0.5, 0.6) is 0 Å². The number of nitrogens with zero attached hydrogens (tertiary/aromatic N) is 1. The maximum Gasteiger partial charge on any atom is 0.182 e. The average molecular weight is 230 g/mol. The van der Waals surface area contributed by atoms with E-state index in [1.165, 1.54) is 0 Å². The van der Waals surface area contributed by atoms with Gasteiger partial charge in [0.1, 0.15) is 0 Å². The van der Waals surface area contributed by atoms with Crippen LogP contribution in [0.25, 0.3) is 0 Å². The zero-order valence-electron chi connectivity index (χ0n) is 10.6. The summed E-state index contributed by atoms with van der Waals surface area (Å²) in [7, 11) is 0. The maximum absolute atomic E-state index is 12.1. The first-order valence-electron chi connectivity index (χ1n) is 5.84. The van der Waals surface area contributed by atoms with Crippen molar-refractivity contribution in [2.24, 2.45) is 0 Å². The number of nitrogens with one attached hydrogen (secondary N) is 1. The third kappa shape index (κ3) is 2.49. The summed E-state index contributed by atoms with van der Waals surface area (Å²) in [5.74, 6) is 0.171. The molecule has 0 amide bonds. The molecule has 1 aromatic rings. The van der Waals surface area contributed by atoms with Gasteiger partial charge in [-0.1, -0.05) is 23.8 Å². The van der Waals surface area contributed by atoms with Crippen LogP contribution >= 0.6 is 0 Å². The van der Waals surface area contributed by atoms with Gasteiger partial charge in [0.2, 0.25) is 0 Å². The highest BCUT2D eigenvalue weighted by molar-refractivity contribution is 5.97. The Kier molecular flexibility index (Phi) is 3.18. The standard InChI is InChI=1S/C14H18N2O/c1-10-5-4-6-13(7-10)14(17)8-16-9-15-11(2)12(16)3/h4-7,15H,8-9H2,1-3H3. The van der Waals surface area contributed by atoms with Gasteiger partial charge in [-0.3, -0.25) is 4.79 Å².